The average Bonchev–Trinajstić information content (AvgIpc) is 2.43. The highest BCUT2D eigenvalue weighted by Gasteiger charge is 2.23. The monoisotopic (exact) mass is 271 g/mol. The molecule has 0 spiro atoms. The number of aliphatic hydroxyl groups is 1. The van der Waals surface area contributed by atoms with E-state index in [-0.39, 0.29) is 30.9 Å². The second kappa shape index (κ2) is 7.45. The molecule has 0 aromatic heterocycles. The number of carbonyl (C=O) groups excluding carboxylic acids is 2. The lowest BCUT2D eigenvalue weighted by molar-refractivity contribution is -0.134. The predicted molar refractivity (Wildman–Crippen MR) is 72.2 cm³/mol. The summed E-state index contributed by atoms with van der Waals surface area (Å²) in [5.74, 6) is -0.0160. The summed E-state index contributed by atoms with van der Waals surface area (Å²) in [5, 5.41) is 11.6. The van der Waals surface area contributed by atoms with Gasteiger partial charge < -0.3 is 21.1 Å². The summed E-state index contributed by atoms with van der Waals surface area (Å²) in [5.41, 5.74) is 5.70. The van der Waals surface area contributed by atoms with E-state index in [9.17, 15) is 9.59 Å². The molecule has 1 saturated heterocycles. The van der Waals surface area contributed by atoms with Gasteiger partial charge in [-0.15, -0.1) is 0 Å². The summed E-state index contributed by atoms with van der Waals surface area (Å²) >= 11 is 0. The van der Waals surface area contributed by atoms with Crippen LogP contribution in [-0.4, -0.2) is 54.1 Å². The molecule has 0 aliphatic carbocycles. The summed E-state index contributed by atoms with van der Waals surface area (Å²) in [6, 6.07) is -0.576. The van der Waals surface area contributed by atoms with Gasteiger partial charge in [-0.3, -0.25) is 9.59 Å². The van der Waals surface area contributed by atoms with Gasteiger partial charge >= 0.3 is 0 Å². The Morgan fingerprint density at radius 1 is 1.37 bits per heavy atom. The van der Waals surface area contributed by atoms with E-state index in [2.05, 4.69) is 5.32 Å². The molecule has 2 amide bonds. The van der Waals surface area contributed by atoms with Gasteiger partial charge in [0.25, 0.3) is 0 Å². The van der Waals surface area contributed by atoms with Crippen molar-refractivity contribution in [3.8, 4) is 0 Å². The zero-order valence-electron chi connectivity index (χ0n) is 11.8. The van der Waals surface area contributed by atoms with Crippen LogP contribution in [0.3, 0.4) is 0 Å². The number of nitrogens with zero attached hydrogens (tertiary/aromatic N) is 1. The van der Waals surface area contributed by atoms with Gasteiger partial charge in [-0.05, 0) is 24.7 Å². The van der Waals surface area contributed by atoms with Gasteiger partial charge in [-0.25, -0.2) is 0 Å². The van der Waals surface area contributed by atoms with Crippen LogP contribution in [0.1, 0.15) is 26.7 Å². The van der Waals surface area contributed by atoms with Gasteiger partial charge in [0.05, 0.1) is 12.6 Å². The molecule has 1 rings (SSSR count). The molecule has 110 valence electrons. The zero-order valence-corrected chi connectivity index (χ0v) is 11.8. The van der Waals surface area contributed by atoms with Crippen molar-refractivity contribution in [3.63, 3.8) is 0 Å². The van der Waals surface area contributed by atoms with E-state index in [1.807, 2.05) is 13.8 Å². The predicted octanol–water partition coefficient (Wildman–Crippen LogP) is -0.683. The second-order valence-corrected chi connectivity index (χ2v) is 5.49. The Kier molecular flexibility index (Phi) is 6.24. The molecule has 0 bridgehead atoms. The maximum absolute atomic E-state index is 11.9. The van der Waals surface area contributed by atoms with Crippen LogP contribution in [0.5, 0.6) is 0 Å². The number of piperidine rings is 1. The van der Waals surface area contributed by atoms with E-state index >= 15 is 0 Å². The van der Waals surface area contributed by atoms with Crippen molar-refractivity contribution in [1.29, 1.82) is 0 Å². The number of aliphatic hydroxyl groups excluding tert-OH is 1. The number of hydrogen-bond donors (Lipinski definition) is 3. The van der Waals surface area contributed by atoms with Gasteiger partial charge in [0, 0.05) is 19.7 Å². The Bertz CT molecular complexity index is 312. The third-order valence-electron chi connectivity index (χ3n) is 3.66. The molecule has 6 heteroatoms. The minimum absolute atomic E-state index is 0.00302. The van der Waals surface area contributed by atoms with Gasteiger partial charge in [0.2, 0.25) is 11.8 Å². The molecule has 0 aromatic rings. The van der Waals surface area contributed by atoms with Crippen molar-refractivity contribution in [2.75, 3.05) is 26.2 Å². The van der Waals surface area contributed by atoms with Crippen LogP contribution < -0.4 is 11.1 Å². The molecule has 0 unspecified atom stereocenters. The zero-order chi connectivity index (χ0) is 14.4. The van der Waals surface area contributed by atoms with E-state index < -0.39 is 6.04 Å². The molecule has 19 heavy (non-hydrogen) atoms. The van der Waals surface area contributed by atoms with Gasteiger partial charge in [0.15, 0.2) is 0 Å². The SMILES string of the molecule is CC(C)[C@H](N)C(=O)NCC(=O)N1CCC(CO)CC1. The number of hydrogen-bond acceptors (Lipinski definition) is 4. The van der Waals surface area contributed by atoms with Crippen LogP contribution in [0.4, 0.5) is 0 Å². The Balaban J connectivity index is 2.30. The number of rotatable bonds is 5. The molecule has 1 atom stereocenters. The standard InChI is InChI=1S/C13H25N3O3/c1-9(2)12(14)13(19)15-7-11(18)16-5-3-10(8-17)4-6-16/h9-10,12,17H,3-8,14H2,1-2H3,(H,15,19)/t12-/m0/s1. The summed E-state index contributed by atoms with van der Waals surface area (Å²) < 4.78 is 0. The number of likely N-dealkylation sites (tertiary alicyclic amines) is 1. The van der Waals surface area contributed by atoms with Gasteiger partial charge in [-0.1, -0.05) is 13.8 Å². The number of carbonyl (C=O) groups is 2. The molecular formula is C13H25N3O3. The summed E-state index contributed by atoms with van der Waals surface area (Å²) in [4.78, 5) is 25.3. The molecule has 1 aliphatic heterocycles. The fourth-order valence-corrected chi connectivity index (χ4v) is 2.06. The Hall–Kier alpha value is -1.14. The Labute approximate surface area is 114 Å². The van der Waals surface area contributed by atoms with Crippen LogP contribution in [0.15, 0.2) is 0 Å². The number of amides is 2. The first-order valence-electron chi connectivity index (χ1n) is 6.87. The van der Waals surface area contributed by atoms with Crippen molar-refractivity contribution >= 4 is 11.8 Å². The van der Waals surface area contributed by atoms with Crippen LogP contribution in [0.25, 0.3) is 0 Å². The fraction of sp³-hybridized carbons (Fsp3) is 0.846. The number of nitrogens with one attached hydrogen (secondary N) is 1. The molecular weight excluding hydrogens is 246 g/mol. The number of nitrogens with two attached hydrogens (primary N) is 1. The first kappa shape index (κ1) is 15.9. The second-order valence-electron chi connectivity index (χ2n) is 5.49. The summed E-state index contributed by atoms with van der Waals surface area (Å²) in [7, 11) is 0. The van der Waals surface area contributed by atoms with Crippen LogP contribution >= 0.6 is 0 Å². The highest BCUT2D eigenvalue weighted by atomic mass is 16.3. The third kappa shape index (κ3) is 4.80. The van der Waals surface area contributed by atoms with Crippen molar-refractivity contribution in [1.82, 2.24) is 10.2 Å². The summed E-state index contributed by atoms with van der Waals surface area (Å²) in [6.07, 6.45) is 1.64. The first-order valence-corrected chi connectivity index (χ1v) is 6.87. The first-order chi connectivity index (χ1) is 8.95. The van der Waals surface area contributed by atoms with E-state index in [4.69, 9.17) is 10.8 Å². The molecule has 4 N–H and O–H groups in total. The largest absolute Gasteiger partial charge is 0.396 e. The highest BCUT2D eigenvalue weighted by molar-refractivity contribution is 5.87. The van der Waals surface area contributed by atoms with Crippen molar-refractivity contribution in [3.05, 3.63) is 0 Å². The van der Waals surface area contributed by atoms with Crippen LogP contribution in [0, 0.1) is 11.8 Å². The molecule has 0 aromatic carbocycles. The average molecular weight is 271 g/mol. The lowest BCUT2D eigenvalue weighted by Crippen LogP contribution is -2.49. The van der Waals surface area contributed by atoms with E-state index in [1.165, 1.54) is 0 Å². The van der Waals surface area contributed by atoms with E-state index in [1.54, 1.807) is 4.90 Å². The summed E-state index contributed by atoms with van der Waals surface area (Å²) in [6.45, 7) is 5.22. The minimum atomic E-state index is -0.576. The van der Waals surface area contributed by atoms with Crippen LogP contribution in [-0.2, 0) is 9.59 Å². The fourth-order valence-electron chi connectivity index (χ4n) is 2.06. The molecule has 1 heterocycles. The normalized spacial score (nSPS) is 18.5. The maximum Gasteiger partial charge on any atom is 0.241 e. The Morgan fingerprint density at radius 3 is 2.42 bits per heavy atom. The molecule has 0 saturated carbocycles. The quantitative estimate of drug-likeness (QED) is 0.617. The molecule has 0 radical (unpaired) electrons. The minimum Gasteiger partial charge on any atom is -0.396 e. The van der Waals surface area contributed by atoms with Gasteiger partial charge in [0.1, 0.15) is 0 Å². The van der Waals surface area contributed by atoms with Crippen LogP contribution in [0.2, 0.25) is 0 Å². The highest BCUT2D eigenvalue weighted by Crippen LogP contribution is 2.16. The molecule has 6 nitrogen and oxygen atoms in total. The Morgan fingerprint density at radius 2 is 1.95 bits per heavy atom. The topological polar surface area (TPSA) is 95.7 Å². The van der Waals surface area contributed by atoms with E-state index in [0.717, 1.165) is 12.8 Å². The van der Waals surface area contributed by atoms with Crippen molar-refractivity contribution < 1.29 is 14.7 Å². The smallest absolute Gasteiger partial charge is 0.241 e. The van der Waals surface area contributed by atoms with E-state index in [0.29, 0.717) is 19.0 Å². The third-order valence-corrected chi connectivity index (χ3v) is 3.66. The lowest BCUT2D eigenvalue weighted by Gasteiger charge is -2.31. The van der Waals surface area contributed by atoms with Crippen molar-refractivity contribution in [2.24, 2.45) is 17.6 Å². The lowest BCUT2D eigenvalue weighted by atomic mass is 9.98. The molecule has 1 fully saturated rings. The molecule has 1 aliphatic rings. The van der Waals surface area contributed by atoms with Crippen molar-refractivity contribution in [2.45, 2.75) is 32.7 Å². The van der Waals surface area contributed by atoms with Gasteiger partial charge in [-0.2, -0.15) is 0 Å². The maximum atomic E-state index is 11.9.